The van der Waals surface area contributed by atoms with Crippen LogP contribution in [-0.4, -0.2) is 74.9 Å². The van der Waals surface area contributed by atoms with E-state index >= 15 is 0 Å². The molecule has 7 heteroatoms. The SMILES string of the molecule is CN(C)CC1(O)CCN(C(=O)c2cccc(-n3cnnc3)c2)C1. The van der Waals surface area contributed by atoms with E-state index in [2.05, 4.69) is 10.2 Å². The number of likely N-dealkylation sites (tertiary alicyclic amines) is 1. The number of aromatic nitrogens is 3. The molecule has 7 nitrogen and oxygen atoms in total. The van der Waals surface area contributed by atoms with Crippen LogP contribution < -0.4 is 0 Å². The summed E-state index contributed by atoms with van der Waals surface area (Å²) in [5.41, 5.74) is 0.610. The van der Waals surface area contributed by atoms with Crippen LogP contribution in [0.25, 0.3) is 5.69 Å². The summed E-state index contributed by atoms with van der Waals surface area (Å²) in [6.07, 6.45) is 3.78. The number of carbonyl (C=O) groups excluding carboxylic acids is 1. The first-order valence-electron chi connectivity index (χ1n) is 7.58. The molecular weight excluding hydrogens is 294 g/mol. The molecule has 2 heterocycles. The molecule has 1 aliphatic heterocycles. The lowest BCUT2D eigenvalue weighted by Gasteiger charge is -2.26. The standard InChI is InChI=1S/C16H21N5O2/c1-19(2)9-16(23)6-7-20(10-16)15(22)13-4-3-5-14(8-13)21-11-17-18-12-21/h3-5,8,11-12,23H,6-7,9-10H2,1-2H3. The summed E-state index contributed by atoms with van der Waals surface area (Å²) in [7, 11) is 3.84. The average Bonchev–Trinajstić information content (AvgIpc) is 3.16. The van der Waals surface area contributed by atoms with Gasteiger partial charge in [0.1, 0.15) is 12.7 Å². The predicted octanol–water partition coefficient (Wildman–Crippen LogP) is 0.406. The van der Waals surface area contributed by atoms with Gasteiger partial charge in [0.25, 0.3) is 5.91 Å². The van der Waals surface area contributed by atoms with Crippen molar-refractivity contribution in [3.8, 4) is 5.69 Å². The van der Waals surface area contributed by atoms with E-state index in [4.69, 9.17) is 0 Å². The van der Waals surface area contributed by atoms with Crippen LogP contribution >= 0.6 is 0 Å². The smallest absolute Gasteiger partial charge is 0.254 e. The first-order chi connectivity index (χ1) is 11.0. The van der Waals surface area contributed by atoms with Crippen LogP contribution in [0.15, 0.2) is 36.9 Å². The van der Waals surface area contributed by atoms with Crippen molar-refractivity contribution in [1.82, 2.24) is 24.6 Å². The Morgan fingerprint density at radius 3 is 2.78 bits per heavy atom. The first kappa shape index (κ1) is 15.6. The average molecular weight is 315 g/mol. The second kappa shape index (κ2) is 6.10. The number of hydrogen-bond donors (Lipinski definition) is 1. The highest BCUT2D eigenvalue weighted by atomic mass is 16.3. The molecule has 0 bridgehead atoms. The molecule has 1 aliphatic rings. The lowest BCUT2D eigenvalue weighted by Crippen LogP contribution is -2.43. The maximum absolute atomic E-state index is 12.7. The van der Waals surface area contributed by atoms with E-state index in [-0.39, 0.29) is 5.91 Å². The van der Waals surface area contributed by atoms with Gasteiger partial charge in [-0.1, -0.05) is 6.07 Å². The van der Waals surface area contributed by atoms with Gasteiger partial charge in [0, 0.05) is 24.3 Å². The number of amides is 1. The van der Waals surface area contributed by atoms with E-state index in [0.29, 0.717) is 31.6 Å². The van der Waals surface area contributed by atoms with Crippen molar-refractivity contribution >= 4 is 5.91 Å². The van der Waals surface area contributed by atoms with Crippen LogP contribution in [0.2, 0.25) is 0 Å². The fraction of sp³-hybridized carbons (Fsp3) is 0.438. The maximum Gasteiger partial charge on any atom is 0.254 e. The molecule has 3 rings (SSSR count). The van der Waals surface area contributed by atoms with Gasteiger partial charge in [-0.3, -0.25) is 9.36 Å². The van der Waals surface area contributed by atoms with Gasteiger partial charge in [0.15, 0.2) is 0 Å². The normalized spacial score (nSPS) is 21.1. The Morgan fingerprint density at radius 2 is 2.09 bits per heavy atom. The van der Waals surface area contributed by atoms with Gasteiger partial charge >= 0.3 is 0 Å². The van der Waals surface area contributed by atoms with Gasteiger partial charge < -0.3 is 14.9 Å². The van der Waals surface area contributed by atoms with E-state index < -0.39 is 5.60 Å². The quantitative estimate of drug-likeness (QED) is 0.884. The number of β-amino-alcohol motifs (C(OH)–C–C–N with tert-alkyl or cyclic N) is 1. The van der Waals surface area contributed by atoms with Crippen molar-refractivity contribution < 1.29 is 9.90 Å². The monoisotopic (exact) mass is 315 g/mol. The van der Waals surface area contributed by atoms with Gasteiger partial charge in [-0.25, -0.2) is 0 Å². The number of benzene rings is 1. The highest BCUT2D eigenvalue weighted by Gasteiger charge is 2.38. The zero-order valence-electron chi connectivity index (χ0n) is 13.4. The summed E-state index contributed by atoms with van der Waals surface area (Å²) in [6.45, 7) is 1.48. The van der Waals surface area contributed by atoms with Crippen molar-refractivity contribution in [3.05, 3.63) is 42.5 Å². The van der Waals surface area contributed by atoms with E-state index in [1.165, 1.54) is 0 Å². The zero-order chi connectivity index (χ0) is 16.4. The molecule has 1 amide bonds. The molecular formula is C16H21N5O2. The number of aliphatic hydroxyl groups is 1. The van der Waals surface area contributed by atoms with E-state index in [0.717, 1.165) is 5.69 Å². The Bertz CT molecular complexity index is 686. The molecule has 0 saturated carbocycles. The molecule has 1 saturated heterocycles. The van der Waals surface area contributed by atoms with Crippen molar-refractivity contribution in [2.24, 2.45) is 0 Å². The third-order valence-electron chi connectivity index (χ3n) is 4.04. The van der Waals surface area contributed by atoms with Gasteiger partial charge in [-0.05, 0) is 38.7 Å². The lowest BCUT2D eigenvalue weighted by atomic mass is 10.0. The molecule has 122 valence electrons. The Kier molecular flexibility index (Phi) is 4.14. The molecule has 1 aromatic carbocycles. The molecule has 1 N–H and O–H groups in total. The summed E-state index contributed by atoms with van der Waals surface area (Å²) in [5, 5.41) is 18.1. The third-order valence-corrected chi connectivity index (χ3v) is 4.04. The van der Waals surface area contributed by atoms with Crippen LogP contribution in [0.4, 0.5) is 0 Å². The minimum Gasteiger partial charge on any atom is -0.387 e. The van der Waals surface area contributed by atoms with Crippen LogP contribution in [0.3, 0.4) is 0 Å². The van der Waals surface area contributed by atoms with Crippen LogP contribution in [0.5, 0.6) is 0 Å². The molecule has 0 aliphatic carbocycles. The highest BCUT2D eigenvalue weighted by Crippen LogP contribution is 2.24. The number of hydrogen-bond acceptors (Lipinski definition) is 5. The van der Waals surface area contributed by atoms with Crippen molar-refractivity contribution in [2.45, 2.75) is 12.0 Å². The first-order valence-corrected chi connectivity index (χ1v) is 7.58. The van der Waals surface area contributed by atoms with Crippen LogP contribution in [0.1, 0.15) is 16.8 Å². The number of carbonyl (C=O) groups is 1. The lowest BCUT2D eigenvalue weighted by molar-refractivity contribution is 0.0236. The number of nitrogens with zero attached hydrogens (tertiary/aromatic N) is 5. The van der Waals surface area contributed by atoms with Gasteiger partial charge in [0.2, 0.25) is 0 Å². The molecule has 1 aromatic heterocycles. The van der Waals surface area contributed by atoms with Crippen LogP contribution in [-0.2, 0) is 0 Å². The van der Waals surface area contributed by atoms with Crippen molar-refractivity contribution in [2.75, 3.05) is 33.7 Å². The molecule has 1 atom stereocenters. The van der Waals surface area contributed by atoms with Crippen LogP contribution in [0, 0.1) is 0 Å². The maximum atomic E-state index is 12.7. The number of rotatable bonds is 4. The van der Waals surface area contributed by atoms with E-state index in [9.17, 15) is 9.90 Å². The summed E-state index contributed by atoms with van der Waals surface area (Å²) < 4.78 is 1.75. The minimum atomic E-state index is -0.828. The second-order valence-electron chi connectivity index (χ2n) is 6.36. The molecule has 1 unspecified atom stereocenters. The molecule has 0 radical (unpaired) electrons. The molecule has 2 aromatic rings. The topological polar surface area (TPSA) is 74.5 Å². The Hall–Kier alpha value is -2.25. The minimum absolute atomic E-state index is 0.0606. The summed E-state index contributed by atoms with van der Waals surface area (Å²) >= 11 is 0. The van der Waals surface area contributed by atoms with Crippen molar-refractivity contribution in [3.63, 3.8) is 0 Å². The summed E-state index contributed by atoms with van der Waals surface area (Å²) in [4.78, 5) is 16.4. The fourth-order valence-corrected chi connectivity index (χ4v) is 3.06. The Balaban J connectivity index is 1.75. The molecule has 23 heavy (non-hydrogen) atoms. The van der Waals surface area contributed by atoms with Crippen molar-refractivity contribution in [1.29, 1.82) is 0 Å². The molecule has 0 spiro atoms. The zero-order valence-corrected chi connectivity index (χ0v) is 13.4. The fourth-order valence-electron chi connectivity index (χ4n) is 3.06. The molecule has 1 fully saturated rings. The summed E-state index contributed by atoms with van der Waals surface area (Å²) in [5.74, 6) is -0.0606. The van der Waals surface area contributed by atoms with E-state index in [1.54, 1.807) is 28.2 Å². The van der Waals surface area contributed by atoms with Gasteiger partial charge in [-0.15, -0.1) is 10.2 Å². The van der Waals surface area contributed by atoms with E-state index in [1.807, 2.05) is 37.2 Å². The predicted molar refractivity (Wildman–Crippen MR) is 85.4 cm³/mol. The highest BCUT2D eigenvalue weighted by molar-refractivity contribution is 5.95. The summed E-state index contributed by atoms with van der Waals surface area (Å²) in [6, 6.07) is 7.34. The van der Waals surface area contributed by atoms with Gasteiger partial charge in [-0.2, -0.15) is 0 Å². The Labute approximate surface area is 135 Å². The van der Waals surface area contributed by atoms with Gasteiger partial charge in [0.05, 0.1) is 12.1 Å². The third kappa shape index (κ3) is 3.40. The second-order valence-corrected chi connectivity index (χ2v) is 6.36. The number of likely N-dealkylation sites (N-methyl/N-ethyl adjacent to an activating group) is 1. The Morgan fingerprint density at radius 1 is 1.35 bits per heavy atom. The largest absolute Gasteiger partial charge is 0.387 e.